The van der Waals surface area contributed by atoms with E-state index in [4.69, 9.17) is 16.1 Å². The van der Waals surface area contributed by atoms with Crippen molar-refractivity contribution in [1.82, 2.24) is 15.5 Å². The van der Waals surface area contributed by atoms with E-state index in [1.807, 2.05) is 36.4 Å². The van der Waals surface area contributed by atoms with Crippen molar-refractivity contribution in [3.63, 3.8) is 0 Å². The fourth-order valence-corrected chi connectivity index (χ4v) is 2.81. The van der Waals surface area contributed by atoms with Gasteiger partial charge in [0.15, 0.2) is 0 Å². The van der Waals surface area contributed by atoms with E-state index in [0.717, 1.165) is 22.6 Å². The van der Waals surface area contributed by atoms with Crippen LogP contribution >= 0.6 is 11.6 Å². The van der Waals surface area contributed by atoms with Gasteiger partial charge in [-0.25, -0.2) is 0 Å². The Hall–Kier alpha value is -2.17. The Morgan fingerprint density at radius 2 is 1.88 bits per heavy atom. The molecular formula is C19H20ClN3O. The normalized spacial score (nSPS) is 12.3. The summed E-state index contributed by atoms with van der Waals surface area (Å²) in [6.45, 7) is 4.68. The lowest BCUT2D eigenvalue weighted by Gasteiger charge is -2.13. The summed E-state index contributed by atoms with van der Waals surface area (Å²) in [4.78, 5) is 4.45. The fourth-order valence-electron chi connectivity index (χ4n) is 2.51. The van der Waals surface area contributed by atoms with Crippen LogP contribution in [0.5, 0.6) is 0 Å². The van der Waals surface area contributed by atoms with Gasteiger partial charge in [-0.15, -0.1) is 0 Å². The molecule has 0 aliphatic heterocycles. The molecule has 2 aromatic carbocycles. The van der Waals surface area contributed by atoms with Crippen LogP contribution in [0.3, 0.4) is 0 Å². The van der Waals surface area contributed by atoms with Gasteiger partial charge in [-0.1, -0.05) is 66.1 Å². The molecule has 1 N–H and O–H groups in total. The van der Waals surface area contributed by atoms with Crippen LogP contribution in [0.4, 0.5) is 0 Å². The molecule has 0 fully saturated rings. The maximum atomic E-state index is 6.22. The highest BCUT2D eigenvalue weighted by Gasteiger charge is 2.12. The van der Waals surface area contributed by atoms with Crippen LogP contribution in [0.15, 0.2) is 53.1 Å². The Balaban J connectivity index is 1.64. The number of nitrogens with one attached hydrogen (secondary N) is 1. The molecule has 0 unspecified atom stereocenters. The van der Waals surface area contributed by atoms with Crippen LogP contribution in [0.2, 0.25) is 5.02 Å². The van der Waals surface area contributed by atoms with E-state index in [9.17, 15) is 0 Å². The molecule has 0 aliphatic carbocycles. The number of halogens is 1. The first kappa shape index (κ1) is 16.7. The molecule has 4 nitrogen and oxygen atoms in total. The average molecular weight is 342 g/mol. The van der Waals surface area contributed by atoms with Gasteiger partial charge in [0.05, 0.1) is 6.54 Å². The summed E-state index contributed by atoms with van der Waals surface area (Å²) in [5, 5.41) is 8.17. The lowest BCUT2D eigenvalue weighted by atomic mass is 10.1. The summed E-state index contributed by atoms with van der Waals surface area (Å²) < 4.78 is 5.34. The number of nitrogens with zero attached hydrogens (tertiary/aromatic N) is 2. The Bertz CT molecular complexity index is 798. The van der Waals surface area contributed by atoms with Crippen LogP contribution in [-0.2, 0) is 13.0 Å². The Morgan fingerprint density at radius 3 is 2.58 bits per heavy atom. The van der Waals surface area contributed by atoms with Gasteiger partial charge in [-0.3, -0.25) is 0 Å². The summed E-state index contributed by atoms with van der Waals surface area (Å²) in [7, 11) is 0. The number of hydrogen-bond acceptors (Lipinski definition) is 4. The van der Waals surface area contributed by atoms with E-state index in [1.165, 1.54) is 5.56 Å². The Kier molecular flexibility index (Phi) is 5.28. The zero-order chi connectivity index (χ0) is 16.9. The van der Waals surface area contributed by atoms with Gasteiger partial charge in [0.2, 0.25) is 11.7 Å². The van der Waals surface area contributed by atoms with Crippen molar-refractivity contribution >= 4 is 11.6 Å². The second-order valence-corrected chi connectivity index (χ2v) is 6.09. The SMILES string of the molecule is CCc1ccc(-c2noc(CN[C@H](C)c3ccccc3Cl)n2)cc1. The number of rotatable bonds is 6. The predicted molar refractivity (Wildman–Crippen MR) is 95.8 cm³/mol. The standard InChI is InChI=1S/C19H20ClN3O/c1-3-14-8-10-15(11-9-14)19-22-18(24-23-19)12-21-13(2)16-6-4-5-7-17(16)20/h4-11,13,21H,3,12H2,1-2H3/t13-/m1/s1. The quantitative estimate of drug-likeness (QED) is 0.699. The first-order valence-corrected chi connectivity index (χ1v) is 8.45. The van der Waals surface area contributed by atoms with Crippen LogP contribution in [-0.4, -0.2) is 10.1 Å². The molecule has 0 aliphatic rings. The van der Waals surface area contributed by atoms with Crippen LogP contribution in [0.1, 0.15) is 36.9 Å². The number of aromatic nitrogens is 2. The first-order chi connectivity index (χ1) is 11.7. The van der Waals surface area contributed by atoms with Crippen LogP contribution in [0, 0.1) is 0 Å². The van der Waals surface area contributed by atoms with Crippen molar-refractivity contribution in [2.45, 2.75) is 32.9 Å². The molecule has 0 spiro atoms. The Morgan fingerprint density at radius 1 is 1.12 bits per heavy atom. The van der Waals surface area contributed by atoms with Crippen molar-refractivity contribution in [1.29, 1.82) is 0 Å². The van der Waals surface area contributed by atoms with E-state index in [-0.39, 0.29) is 6.04 Å². The molecule has 24 heavy (non-hydrogen) atoms. The minimum atomic E-state index is 0.0953. The fraction of sp³-hybridized carbons (Fsp3) is 0.263. The van der Waals surface area contributed by atoms with E-state index in [2.05, 4.69) is 41.4 Å². The van der Waals surface area contributed by atoms with Crippen molar-refractivity contribution < 1.29 is 4.52 Å². The summed E-state index contributed by atoms with van der Waals surface area (Å²) in [6.07, 6.45) is 1.02. The van der Waals surface area contributed by atoms with Crippen LogP contribution < -0.4 is 5.32 Å². The van der Waals surface area contributed by atoms with E-state index in [0.29, 0.717) is 18.3 Å². The monoisotopic (exact) mass is 341 g/mol. The minimum absolute atomic E-state index is 0.0953. The van der Waals surface area contributed by atoms with Crippen LogP contribution in [0.25, 0.3) is 11.4 Å². The summed E-state index contributed by atoms with van der Waals surface area (Å²) >= 11 is 6.22. The van der Waals surface area contributed by atoms with E-state index in [1.54, 1.807) is 0 Å². The van der Waals surface area contributed by atoms with Crippen molar-refractivity contribution in [3.8, 4) is 11.4 Å². The van der Waals surface area contributed by atoms with Crippen molar-refractivity contribution in [3.05, 3.63) is 70.6 Å². The van der Waals surface area contributed by atoms with Gasteiger partial charge in [0.25, 0.3) is 0 Å². The number of aryl methyl sites for hydroxylation is 1. The zero-order valence-electron chi connectivity index (χ0n) is 13.8. The van der Waals surface area contributed by atoms with Crippen molar-refractivity contribution in [2.75, 3.05) is 0 Å². The topological polar surface area (TPSA) is 51.0 Å². The molecule has 0 saturated heterocycles. The zero-order valence-corrected chi connectivity index (χ0v) is 14.5. The molecule has 0 amide bonds. The van der Waals surface area contributed by atoms with Gasteiger partial charge in [0, 0.05) is 16.6 Å². The molecule has 1 atom stereocenters. The molecule has 1 aromatic heterocycles. The molecule has 1 heterocycles. The lowest BCUT2D eigenvalue weighted by molar-refractivity contribution is 0.360. The van der Waals surface area contributed by atoms with E-state index < -0.39 is 0 Å². The smallest absolute Gasteiger partial charge is 0.240 e. The van der Waals surface area contributed by atoms with Gasteiger partial charge < -0.3 is 9.84 Å². The molecule has 0 saturated carbocycles. The maximum Gasteiger partial charge on any atom is 0.240 e. The summed E-state index contributed by atoms with van der Waals surface area (Å²) in [5.41, 5.74) is 3.30. The molecular weight excluding hydrogens is 322 g/mol. The molecule has 124 valence electrons. The lowest BCUT2D eigenvalue weighted by Crippen LogP contribution is -2.18. The molecule has 0 radical (unpaired) electrons. The van der Waals surface area contributed by atoms with Gasteiger partial charge in [-0.05, 0) is 30.5 Å². The van der Waals surface area contributed by atoms with Gasteiger partial charge in [-0.2, -0.15) is 4.98 Å². The minimum Gasteiger partial charge on any atom is -0.338 e. The second kappa shape index (κ2) is 7.60. The third kappa shape index (κ3) is 3.83. The molecule has 0 bridgehead atoms. The third-order valence-electron chi connectivity index (χ3n) is 4.02. The number of hydrogen-bond donors (Lipinski definition) is 1. The van der Waals surface area contributed by atoms with Crippen molar-refractivity contribution in [2.24, 2.45) is 0 Å². The molecule has 3 rings (SSSR count). The summed E-state index contributed by atoms with van der Waals surface area (Å²) in [6, 6.07) is 16.1. The number of benzene rings is 2. The maximum absolute atomic E-state index is 6.22. The molecule has 5 heteroatoms. The highest BCUT2D eigenvalue weighted by atomic mass is 35.5. The predicted octanol–water partition coefficient (Wildman–Crippen LogP) is 4.80. The second-order valence-electron chi connectivity index (χ2n) is 5.69. The average Bonchev–Trinajstić information content (AvgIpc) is 3.09. The highest BCUT2D eigenvalue weighted by Crippen LogP contribution is 2.22. The Labute approximate surface area is 146 Å². The van der Waals surface area contributed by atoms with Gasteiger partial charge >= 0.3 is 0 Å². The largest absolute Gasteiger partial charge is 0.338 e. The van der Waals surface area contributed by atoms with Gasteiger partial charge in [0.1, 0.15) is 0 Å². The molecule has 3 aromatic rings. The van der Waals surface area contributed by atoms with E-state index >= 15 is 0 Å². The highest BCUT2D eigenvalue weighted by molar-refractivity contribution is 6.31. The summed E-state index contributed by atoms with van der Waals surface area (Å²) in [5.74, 6) is 1.17. The third-order valence-corrected chi connectivity index (χ3v) is 4.36. The first-order valence-electron chi connectivity index (χ1n) is 8.07.